The normalized spacial score (nSPS) is 10.5. The number of amides is 2. The summed E-state index contributed by atoms with van der Waals surface area (Å²) in [6, 6.07) is 34.3. The monoisotopic (exact) mass is 448 g/mol. The lowest BCUT2D eigenvalue weighted by Gasteiger charge is -2.24. The fourth-order valence-electron chi connectivity index (χ4n) is 4.20. The molecule has 4 aromatic rings. The Balaban J connectivity index is 1.78. The van der Waals surface area contributed by atoms with Crippen LogP contribution in [0.4, 0.5) is 11.4 Å². The molecule has 0 atom stereocenters. The van der Waals surface area contributed by atoms with E-state index < -0.39 is 0 Å². The molecule has 0 fully saturated rings. The molecule has 0 N–H and O–H groups in total. The Hall–Kier alpha value is -4.18. The molecule has 0 unspecified atom stereocenters. The Labute approximate surface area is 201 Å². The lowest BCUT2D eigenvalue weighted by Crippen LogP contribution is -2.32. The van der Waals surface area contributed by atoms with E-state index in [9.17, 15) is 9.59 Å². The number of hydrogen-bond acceptors (Lipinski definition) is 2. The first-order valence-corrected chi connectivity index (χ1v) is 11.6. The van der Waals surface area contributed by atoms with Gasteiger partial charge in [0.1, 0.15) is 0 Å². The first kappa shape index (κ1) is 23.0. The number of carbonyl (C=O) groups excluding carboxylic acids is 2. The summed E-state index contributed by atoms with van der Waals surface area (Å²) < 4.78 is 0. The average Bonchev–Trinajstić information content (AvgIpc) is 2.90. The SMILES string of the molecule is CCN(C(=O)c1ccccc1-c1ccccc1C(=O)N(CC)c1ccccc1)c1ccccc1. The molecule has 4 heteroatoms. The fraction of sp³-hybridized carbons (Fsp3) is 0.133. The summed E-state index contributed by atoms with van der Waals surface area (Å²) >= 11 is 0. The second-order valence-corrected chi connectivity index (χ2v) is 7.86. The van der Waals surface area contributed by atoms with Gasteiger partial charge >= 0.3 is 0 Å². The molecular formula is C30H28N2O2. The number of para-hydroxylation sites is 2. The number of anilines is 2. The van der Waals surface area contributed by atoms with Gasteiger partial charge in [0.2, 0.25) is 0 Å². The van der Waals surface area contributed by atoms with E-state index in [1.807, 2.05) is 123 Å². The maximum Gasteiger partial charge on any atom is 0.258 e. The number of carbonyl (C=O) groups is 2. The van der Waals surface area contributed by atoms with Gasteiger partial charge in [-0.1, -0.05) is 72.8 Å². The predicted molar refractivity (Wildman–Crippen MR) is 139 cm³/mol. The largest absolute Gasteiger partial charge is 0.309 e. The molecule has 0 bridgehead atoms. The fourth-order valence-corrected chi connectivity index (χ4v) is 4.20. The molecule has 0 aliphatic rings. The summed E-state index contributed by atoms with van der Waals surface area (Å²) in [5.41, 5.74) is 4.31. The Morgan fingerprint density at radius 3 is 1.18 bits per heavy atom. The second-order valence-electron chi connectivity index (χ2n) is 7.86. The third kappa shape index (κ3) is 4.62. The maximum absolute atomic E-state index is 13.7. The first-order chi connectivity index (χ1) is 16.7. The highest BCUT2D eigenvalue weighted by Crippen LogP contribution is 2.31. The Bertz CT molecular complexity index is 1170. The number of hydrogen-bond donors (Lipinski definition) is 0. The van der Waals surface area contributed by atoms with Gasteiger partial charge in [0.15, 0.2) is 0 Å². The van der Waals surface area contributed by atoms with Gasteiger partial charge in [0.05, 0.1) is 0 Å². The molecular weight excluding hydrogens is 420 g/mol. The van der Waals surface area contributed by atoms with Crippen molar-refractivity contribution in [2.75, 3.05) is 22.9 Å². The topological polar surface area (TPSA) is 40.6 Å². The van der Waals surface area contributed by atoms with Crippen LogP contribution in [0.15, 0.2) is 109 Å². The van der Waals surface area contributed by atoms with Gasteiger partial charge in [-0.3, -0.25) is 9.59 Å². The maximum atomic E-state index is 13.7. The highest BCUT2D eigenvalue weighted by atomic mass is 16.2. The molecule has 0 saturated carbocycles. The van der Waals surface area contributed by atoms with Gasteiger partial charge in [-0.2, -0.15) is 0 Å². The van der Waals surface area contributed by atoms with Crippen molar-refractivity contribution >= 4 is 23.2 Å². The lowest BCUT2D eigenvalue weighted by atomic mass is 9.94. The lowest BCUT2D eigenvalue weighted by molar-refractivity contribution is 0.0979. The van der Waals surface area contributed by atoms with Crippen LogP contribution in [0.5, 0.6) is 0 Å². The predicted octanol–water partition coefficient (Wildman–Crippen LogP) is 6.69. The zero-order valence-corrected chi connectivity index (χ0v) is 19.5. The number of benzene rings is 4. The van der Waals surface area contributed by atoms with Crippen molar-refractivity contribution in [3.05, 3.63) is 120 Å². The van der Waals surface area contributed by atoms with E-state index in [-0.39, 0.29) is 11.8 Å². The van der Waals surface area contributed by atoms with Crippen LogP contribution >= 0.6 is 0 Å². The van der Waals surface area contributed by atoms with E-state index in [0.717, 1.165) is 22.5 Å². The number of rotatable bonds is 7. The molecule has 0 aliphatic heterocycles. The molecule has 170 valence electrons. The van der Waals surface area contributed by atoms with Gasteiger partial charge in [-0.25, -0.2) is 0 Å². The summed E-state index contributed by atoms with van der Waals surface area (Å²) in [5, 5.41) is 0. The molecule has 0 saturated heterocycles. The van der Waals surface area contributed by atoms with Crippen LogP contribution in [-0.2, 0) is 0 Å². The molecule has 0 spiro atoms. The van der Waals surface area contributed by atoms with E-state index in [1.54, 1.807) is 9.80 Å². The third-order valence-electron chi connectivity index (χ3n) is 5.86. The van der Waals surface area contributed by atoms with Gasteiger partial charge in [0.25, 0.3) is 11.8 Å². The van der Waals surface area contributed by atoms with E-state index in [1.165, 1.54) is 0 Å². The van der Waals surface area contributed by atoms with Crippen molar-refractivity contribution in [3.63, 3.8) is 0 Å². The summed E-state index contributed by atoms with van der Waals surface area (Å²) in [6.07, 6.45) is 0. The Kier molecular flexibility index (Phi) is 7.19. The third-order valence-corrected chi connectivity index (χ3v) is 5.86. The van der Waals surface area contributed by atoms with Crippen LogP contribution < -0.4 is 9.80 Å². The molecule has 0 heterocycles. The van der Waals surface area contributed by atoms with Crippen LogP contribution in [0.2, 0.25) is 0 Å². The molecule has 0 aliphatic carbocycles. The molecule has 4 nitrogen and oxygen atoms in total. The van der Waals surface area contributed by atoms with Crippen molar-refractivity contribution in [2.45, 2.75) is 13.8 Å². The molecule has 4 aromatic carbocycles. The van der Waals surface area contributed by atoms with Crippen LogP contribution in [0.3, 0.4) is 0 Å². The smallest absolute Gasteiger partial charge is 0.258 e. The zero-order valence-electron chi connectivity index (χ0n) is 19.5. The first-order valence-electron chi connectivity index (χ1n) is 11.6. The van der Waals surface area contributed by atoms with E-state index in [2.05, 4.69) is 0 Å². The second kappa shape index (κ2) is 10.6. The zero-order chi connectivity index (χ0) is 23.9. The van der Waals surface area contributed by atoms with Crippen LogP contribution in [0.25, 0.3) is 11.1 Å². The Morgan fingerprint density at radius 2 is 0.824 bits per heavy atom. The summed E-state index contributed by atoms with van der Waals surface area (Å²) in [7, 11) is 0. The number of nitrogens with zero attached hydrogens (tertiary/aromatic N) is 2. The van der Waals surface area contributed by atoms with E-state index >= 15 is 0 Å². The quantitative estimate of drug-likeness (QED) is 0.316. The Morgan fingerprint density at radius 1 is 0.500 bits per heavy atom. The molecule has 0 radical (unpaired) electrons. The highest BCUT2D eigenvalue weighted by Gasteiger charge is 2.24. The van der Waals surface area contributed by atoms with E-state index in [4.69, 9.17) is 0 Å². The average molecular weight is 449 g/mol. The standard InChI is InChI=1S/C30H28N2O2/c1-3-31(23-15-7-5-8-16-23)29(33)27-21-13-11-19-25(27)26-20-12-14-22-28(26)30(34)32(4-2)24-17-9-6-10-18-24/h5-22H,3-4H2,1-2H3. The summed E-state index contributed by atoms with van der Waals surface area (Å²) in [5.74, 6) is -0.191. The van der Waals surface area contributed by atoms with Gasteiger partial charge in [0, 0.05) is 35.6 Å². The van der Waals surface area contributed by atoms with Crippen LogP contribution in [0.1, 0.15) is 34.6 Å². The minimum atomic E-state index is -0.0954. The van der Waals surface area contributed by atoms with Crippen molar-refractivity contribution in [1.82, 2.24) is 0 Å². The highest BCUT2D eigenvalue weighted by molar-refractivity contribution is 6.14. The van der Waals surface area contributed by atoms with Crippen LogP contribution in [0, 0.1) is 0 Å². The molecule has 0 aromatic heterocycles. The van der Waals surface area contributed by atoms with E-state index in [0.29, 0.717) is 24.2 Å². The molecule has 34 heavy (non-hydrogen) atoms. The summed E-state index contributed by atoms with van der Waals surface area (Å²) in [6.45, 7) is 5.00. The van der Waals surface area contributed by atoms with Crippen molar-refractivity contribution in [2.24, 2.45) is 0 Å². The van der Waals surface area contributed by atoms with Crippen molar-refractivity contribution < 1.29 is 9.59 Å². The van der Waals surface area contributed by atoms with Gasteiger partial charge in [-0.05, 0) is 61.4 Å². The van der Waals surface area contributed by atoms with Gasteiger partial charge < -0.3 is 9.80 Å². The van der Waals surface area contributed by atoms with Crippen molar-refractivity contribution in [1.29, 1.82) is 0 Å². The van der Waals surface area contributed by atoms with Crippen molar-refractivity contribution in [3.8, 4) is 11.1 Å². The minimum Gasteiger partial charge on any atom is -0.309 e. The van der Waals surface area contributed by atoms with Gasteiger partial charge in [-0.15, -0.1) is 0 Å². The minimum absolute atomic E-state index is 0.0954. The molecule has 2 amide bonds. The van der Waals surface area contributed by atoms with Crippen LogP contribution in [-0.4, -0.2) is 24.9 Å². The molecule has 4 rings (SSSR count). The summed E-state index contributed by atoms with van der Waals surface area (Å²) in [4.78, 5) is 30.9.